The van der Waals surface area contributed by atoms with E-state index in [1.807, 2.05) is 21.9 Å². The average molecular weight is 782 g/mol. The molecule has 300 valence electrons. The first-order valence-electron chi connectivity index (χ1n) is 17.5. The number of aryl methyl sites for hydroxylation is 1. The molecule has 1 saturated heterocycles. The summed E-state index contributed by atoms with van der Waals surface area (Å²) >= 11 is 4.65. The summed E-state index contributed by atoms with van der Waals surface area (Å²) in [6.07, 6.45) is 1.64. The number of isothiocyanates is 1. The number of benzene rings is 1. The van der Waals surface area contributed by atoms with Gasteiger partial charge in [-0.1, -0.05) is 12.1 Å². The van der Waals surface area contributed by atoms with Gasteiger partial charge in [-0.25, -0.2) is 0 Å². The van der Waals surface area contributed by atoms with Crippen molar-refractivity contribution in [2.45, 2.75) is 25.3 Å². The number of carboxylic acid groups (broad SMARTS) is 6. The minimum absolute atomic E-state index is 0.0997. The average Bonchev–Trinajstić information content (AvgIpc) is 3.06. The van der Waals surface area contributed by atoms with Crippen LogP contribution in [0.15, 0.2) is 29.3 Å². The number of carboxylic acids is 6. The summed E-state index contributed by atoms with van der Waals surface area (Å²) in [7, 11) is 0. The second-order valence-electron chi connectivity index (χ2n) is 13.1. The lowest BCUT2D eigenvalue weighted by atomic mass is 10.0. The Morgan fingerprint density at radius 3 is 1.52 bits per heavy atom. The minimum atomic E-state index is -1.19. The Morgan fingerprint density at radius 2 is 1.09 bits per heavy atom. The Morgan fingerprint density at radius 1 is 0.648 bits per heavy atom. The molecular formula is C34H51N7O12S. The van der Waals surface area contributed by atoms with Gasteiger partial charge in [-0.15, -0.1) is 0 Å². The van der Waals surface area contributed by atoms with Gasteiger partial charge >= 0.3 is 35.8 Å². The highest BCUT2D eigenvalue weighted by Gasteiger charge is 2.27. The van der Waals surface area contributed by atoms with Crippen LogP contribution < -0.4 is 0 Å². The van der Waals surface area contributed by atoms with Gasteiger partial charge in [-0.3, -0.25) is 58.2 Å². The first kappa shape index (κ1) is 45.8. The summed E-state index contributed by atoms with van der Waals surface area (Å²) in [5.74, 6) is -6.87. The largest absolute Gasteiger partial charge is 0.480 e. The molecule has 54 heavy (non-hydrogen) atoms. The van der Waals surface area contributed by atoms with Crippen LogP contribution in [0.5, 0.6) is 0 Å². The van der Waals surface area contributed by atoms with Crippen molar-refractivity contribution >= 4 is 58.9 Å². The van der Waals surface area contributed by atoms with E-state index in [4.69, 9.17) is 0 Å². The van der Waals surface area contributed by atoms with Gasteiger partial charge in [0, 0.05) is 78.0 Å². The number of hydrogen-bond donors (Lipinski definition) is 6. The number of aliphatic imine (C=N–C) groups is 1. The van der Waals surface area contributed by atoms with Gasteiger partial charge in [-0.05, 0) is 49.2 Å². The molecule has 0 saturated carbocycles. The quantitative estimate of drug-likeness (QED) is 0.0601. The summed E-state index contributed by atoms with van der Waals surface area (Å²) < 4.78 is 0. The van der Waals surface area contributed by atoms with Crippen molar-refractivity contribution < 1.29 is 59.4 Å². The zero-order valence-electron chi connectivity index (χ0n) is 30.2. The number of hydrogen-bond acceptors (Lipinski definition) is 14. The number of rotatable bonds is 23. The van der Waals surface area contributed by atoms with E-state index in [0.717, 1.165) is 5.56 Å². The van der Waals surface area contributed by atoms with Crippen LogP contribution in [0.2, 0.25) is 0 Å². The van der Waals surface area contributed by atoms with Crippen molar-refractivity contribution in [3.05, 3.63) is 29.8 Å². The highest BCUT2D eigenvalue weighted by molar-refractivity contribution is 7.78. The third-order valence-electron chi connectivity index (χ3n) is 8.87. The fraction of sp³-hybridized carbons (Fsp3) is 0.618. The topological polar surface area (TPSA) is 256 Å². The smallest absolute Gasteiger partial charge is 0.317 e. The Balaban J connectivity index is 2.32. The summed E-state index contributed by atoms with van der Waals surface area (Å²) in [6.45, 7) is 0.370. The Bertz CT molecular complexity index is 1380. The lowest BCUT2D eigenvalue weighted by Crippen LogP contribution is -2.52. The molecule has 0 aromatic heterocycles. The molecular weight excluding hydrogens is 730 g/mol. The molecule has 1 unspecified atom stereocenters. The van der Waals surface area contributed by atoms with E-state index in [0.29, 0.717) is 51.1 Å². The molecule has 1 atom stereocenters. The van der Waals surface area contributed by atoms with Gasteiger partial charge in [0.25, 0.3) is 0 Å². The van der Waals surface area contributed by atoms with Crippen LogP contribution in [0.3, 0.4) is 0 Å². The van der Waals surface area contributed by atoms with E-state index in [1.54, 1.807) is 21.9 Å². The number of aliphatic carboxylic acids is 6. The summed E-state index contributed by atoms with van der Waals surface area (Å²) in [6, 6.07) is 6.84. The van der Waals surface area contributed by atoms with E-state index in [2.05, 4.69) is 22.4 Å². The van der Waals surface area contributed by atoms with Crippen LogP contribution in [0.25, 0.3) is 0 Å². The zero-order chi connectivity index (χ0) is 40.0. The van der Waals surface area contributed by atoms with Gasteiger partial charge in [-0.2, -0.15) is 4.99 Å². The Hall–Kier alpha value is -4.40. The molecule has 1 aromatic rings. The molecule has 6 N–H and O–H groups in total. The molecule has 1 aliphatic rings. The Labute approximate surface area is 318 Å². The van der Waals surface area contributed by atoms with Crippen LogP contribution in [-0.4, -0.2) is 218 Å². The summed E-state index contributed by atoms with van der Waals surface area (Å²) in [4.78, 5) is 84.0. The van der Waals surface area contributed by atoms with Crippen molar-refractivity contribution in [3.8, 4) is 0 Å². The van der Waals surface area contributed by atoms with Crippen LogP contribution in [0.1, 0.15) is 18.4 Å². The van der Waals surface area contributed by atoms with E-state index in [-0.39, 0.29) is 58.9 Å². The molecule has 20 heteroatoms. The molecule has 0 amide bonds. The fourth-order valence-electron chi connectivity index (χ4n) is 6.24. The number of carbonyl (C=O) groups is 6. The third kappa shape index (κ3) is 20.2. The number of thiocarbonyl (C=S) groups is 1. The first-order valence-corrected chi connectivity index (χ1v) is 17.9. The normalized spacial score (nSPS) is 16.2. The summed E-state index contributed by atoms with van der Waals surface area (Å²) in [5.41, 5.74) is 1.64. The van der Waals surface area contributed by atoms with Gasteiger partial charge in [0.1, 0.15) is 0 Å². The fourth-order valence-corrected chi connectivity index (χ4v) is 6.35. The molecule has 1 heterocycles. The van der Waals surface area contributed by atoms with Crippen molar-refractivity contribution in [2.75, 3.05) is 111 Å². The van der Waals surface area contributed by atoms with Crippen LogP contribution in [-0.2, 0) is 35.2 Å². The highest BCUT2D eigenvalue weighted by atomic mass is 32.1. The maximum atomic E-state index is 11.9. The van der Waals surface area contributed by atoms with Gasteiger partial charge in [0.05, 0.1) is 50.1 Å². The molecule has 1 aromatic carbocycles. The first-order chi connectivity index (χ1) is 25.6. The predicted octanol–water partition coefficient (Wildman–Crippen LogP) is -0.555. The minimum Gasteiger partial charge on any atom is -0.480 e. The molecule has 19 nitrogen and oxygen atoms in total. The maximum absolute atomic E-state index is 11.9. The second kappa shape index (κ2) is 24.8. The zero-order valence-corrected chi connectivity index (χ0v) is 31.0. The lowest BCUT2D eigenvalue weighted by Gasteiger charge is -2.37. The van der Waals surface area contributed by atoms with Crippen molar-refractivity contribution in [1.29, 1.82) is 0 Å². The number of nitrogens with zero attached hydrogens (tertiary/aromatic N) is 7. The molecule has 0 aliphatic carbocycles. The molecule has 1 fully saturated rings. The van der Waals surface area contributed by atoms with Crippen molar-refractivity contribution in [2.24, 2.45) is 4.99 Å². The monoisotopic (exact) mass is 781 g/mol. The SMILES string of the molecule is O=C(O)CN1CCN(CCN(CC(=O)O)CC(=O)O)CCN(CC(=O)O)CCN(CC(CCCc2ccc(N=C=S)cc2)N(CC(=O)O)CC(=O)O)CC1. The van der Waals surface area contributed by atoms with Crippen LogP contribution in [0, 0.1) is 0 Å². The van der Waals surface area contributed by atoms with E-state index in [9.17, 15) is 59.4 Å². The molecule has 2 rings (SSSR count). The van der Waals surface area contributed by atoms with Gasteiger partial charge in [0.2, 0.25) is 0 Å². The third-order valence-corrected chi connectivity index (χ3v) is 8.96. The maximum Gasteiger partial charge on any atom is 0.317 e. The van der Waals surface area contributed by atoms with Gasteiger partial charge in [0.15, 0.2) is 0 Å². The predicted molar refractivity (Wildman–Crippen MR) is 197 cm³/mol. The van der Waals surface area contributed by atoms with E-state index < -0.39 is 68.0 Å². The van der Waals surface area contributed by atoms with Crippen LogP contribution in [0.4, 0.5) is 5.69 Å². The Kier molecular flexibility index (Phi) is 21.0. The molecule has 0 radical (unpaired) electrons. The highest BCUT2D eigenvalue weighted by Crippen LogP contribution is 2.17. The molecule has 1 aliphatic heterocycles. The van der Waals surface area contributed by atoms with Crippen molar-refractivity contribution in [1.82, 2.24) is 29.4 Å². The van der Waals surface area contributed by atoms with Gasteiger partial charge < -0.3 is 30.6 Å². The van der Waals surface area contributed by atoms with E-state index >= 15 is 0 Å². The molecule has 0 bridgehead atoms. The summed E-state index contributed by atoms with van der Waals surface area (Å²) in [5, 5.41) is 59.5. The standard InChI is InChI=1S/C34H51N7O12S/c42-29(43)19-38-11-8-36(10-17-40(21-31(46)47)22-32(48)49)9-12-39(20-30(44)45)16-14-37(13-15-38)18-28(41(23-33(50)51)24-34(52)53)3-1-2-26-4-6-27(7-5-26)35-25-54/h4-7,28H,1-3,8-24H2,(H,42,43)(H,44,45)(H,46,47)(H,48,49)(H,50,51)(H,52,53). The van der Waals surface area contributed by atoms with Crippen LogP contribution >= 0.6 is 12.2 Å². The second-order valence-corrected chi connectivity index (χ2v) is 13.3. The van der Waals surface area contributed by atoms with Crippen molar-refractivity contribution in [3.63, 3.8) is 0 Å². The molecule has 0 spiro atoms. The lowest BCUT2D eigenvalue weighted by molar-refractivity contribution is -0.144. The van der Waals surface area contributed by atoms with E-state index in [1.165, 1.54) is 9.80 Å².